The van der Waals surface area contributed by atoms with Gasteiger partial charge in [-0.25, -0.2) is 14.8 Å². The van der Waals surface area contributed by atoms with E-state index in [9.17, 15) is 4.79 Å². The van der Waals surface area contributed by atoms with E-state index in [0.29, 0.717) is 35.6 Å². The Kier molecular flexibility index (Phi) is 7.80. The predicted octanol–water partition coefficient (Wildman–Crippen LogP) is 6.57. The first kappa shape index (κ1) is 27.7. The highest BCUT2D eigenvalue weighted by Gasteiger charge is 2.49. The van der Waals surface area contributed by atoms with E-state index in [1.54, 1.807) is 0 Å². The van der Waals surface area contributed by atoms with Gasteiger partial charge in [-0.1, -0.05) is 41.5 Å². The van der Waals surface area contributed by atoms with Crippen LogP contribution in [-0.4, -0.2) is 53.8 Å². The van der Waals surface area contributed by atoms with Crippen molar-refractivity contribution in [2.75, 3.05) is 13.1 Å². The minimum atomic E-state index is -1.96. The van der Waals surface area contributed by atoms with Gasteiger partial charge in [0.15, 0.2) is 19.3 Å². The quantitative estimate of drug-likeness (QED) is 0.395. The van der Waals surface area contributed by atoms with Gasteiger partial charge in [0.2, 0.25) is 0 Å². The van der Waals surface area contributed by atoms with Gasteiger partial charge >= 0.3 is 6.09 Å². The van der Waals surface area contributed by atoms with E-state index in [1.165, 1.54) is 5.56 Å². The van der Waals surface area contributed by atoms with Gasteiger partial charge in [-0.3, -0.25) is 0 Å². The molecule has 0 radical (unpaired) electrons. The number of pyridine rings is 1. The van der Waals surface area contributed by atoms with Gasteiger partial charge in [-0.05, 0) is 62.2 Å². The normalized spacial score (nSPS) is 19.0. The molecule has 1 atom stereocenters. The molecule has 1 unspecified atom stereocenters. The highest BCUT2D eigenvalue weighted by molar-refractivity contribution is 6.93. The number of rotatable bonds is 6. The van der Waals surface area contributed by atoms with E-state index in [4.69, 9.17) is 18.9 Å². The topological polar surface area (TPSA) is 77.7 Å². The largest absolute Gasteiger partial charge is 0.488 e. The molecule has 0 aliphatic carbocycles. The molecule has 37 heavy (non-hydrogen) atoms. The second-order valence-corrected chi connectivity index (χ2v) is 18.5. The van der Waals surface area contributed by atoms with Crippen LogP contribution in [-0.2, 0) is 11.2 Å². The highest BCUT2D eigenvalue weighted by atomic mass is 28.3. The molecule has 204 valence electrons. The molecule has 0 saturated carbocycles. The number of piperidine rings is 1. The van der Waals surface area contributed by atoms with Crippen LogP contribution < -0.4 is 10.3 Å². The second kappa shape index (κ2) is 10.4. The molecule has 2 aromatic heterocycles. The Morgan fingerprint density at radius 3 is 2.22 bits per heavy atom. The minimum Gasteiger partial charge on any atom is -0.488 e. The van der Waals surface area contributed by atoms with Crippen molar-refractivity contribution in [1.29, 1.82) is 0 Å². The zero-order chi connectivity index (χ0) is 27.1. The lowest BCUT2D eigenvalue weighted by atomic mass is 9.89. The van der Waals surface area contributed by atoms with E-state index in [-0.39, 0.29) is 12.2 Å². The Morgan fingerprint density at radius 2 is 1.65 bits per heavy atom. The molecule has 1 amide bonds. The number of carbonyl (C=O) groups excluding carboxylic acids is 1. The number of carbonyl (C=O) groups is 1. The SMILES string of the molecule is CC(C)[Si](c1ncc(-c2cc3c(cn2)OC(C2CCN(C(=O)OC(C)(C)C)CC2)C3)o1)(C(C)C)C(C)C. The second-order valence-electron chi connectivity index (χ2n) is 12.8. The summed E-state index contributed by atoms with van der Waals surface area (Å²) >= 11 is 0. The number of fused-ring (bicyclic) bond motifs is 1. The van der Waals surface area contributed by atoms with Gasteiger partial charge in [0, 0.05) is 25.1 Å². The molecule has 0 N–H and O–H groups in total. The van der Waals surface area contributed by atoms with Crippen molar-refractivity contribution in [1.82, 2.24) is 14.9 Å². The molecule has 2 aliphatic rings. The third-order valence-electron chi connectivity index (χ3n) is 8.36. The van der Waals surface area contributed by atoms with E-state index in [2.05, 4.69) is 52.6 Å². The van der Waals surface area contributed by atoms with Gasteiger partial charge in [-0.15, -0.1) is 0 Å². The van der Waals surface area contributed by atoms with E-state index >= 15 is 0 Å². The van der Waals surface area contributed by atoms with Crippen molar-refractivity contribution < 1.29 is 18.7 Å². The predicted molar refractivity (Wildman–Crippen MR) is 149 cm³/mol. The zero-order valence-electron chi connectivity index (χ0n) is 24.1. The standard InChI is InChI=1S/C29H45N3O4Si/c1-18(2)37(19(3)4,20(5)6)27-31-17-26(35-27)23-14-22-15-24(34-25(22)16-30-23)21-10-12-32(13-11-21)28(33)36-29(7,8)9/h14,16-21,24H,10-13,15H2,1-9H3. The Labute approximate surface area is 223 Å². The Bertz CT molecular complexity index is 1080. The average Bonchev–Trinajstić information content (AvgIpc) is 3.45. The summed E-state index contributed by atoms with van der Waals surface area (Å²) in [7, 11) is -1.96. The maximum Gasteiger partial charge on any atom is 0.410 e. The maximum atomic E-state index is 12.4. The molecule has 1 fully saturated rings. The fourth-order valence-electron chi connectivity index (χ4n) is 6.68. The summed E-state index contributed by atoms with van der Waals surface area (Å²) in [6, 6.07) is 2.11. The van der Waals surface area contributed by atoms with Crippen LogP contribution in [0.2, 0.25) is 16.6 Å². The molecule has 4 heterocycles. The van der Waals surface area contributed by atoms with Gasteiger partial charge in [0.1, 0.15) is 23.1 Å². The first-order valence-corrected chi connectivity index (χ1v) is 16.2. The number of amides is 1. The van der Waals surface area contributed by atoms with Crippen molar-refractivity contribution in [3.05, 3.63) is 24.0 Å². The molecular weight excluding hydrogens is 482 g/mol. The molecule has 8 heteroatoms. The van der Waals surface area contributed by atoms with Crippen LogP contribution in [0.5, 0.6) is 5.75 Å². The summed E-state index contributed by atoms with van der Waals surface area (Å²) in [6.45, 7) is 21.0. The molecule has 1 saturated heterocycles. The number of oxazole rings is 1. The van der Waals surface area contributed by atoms with E-state index in [0.717, 1.165) is 42.0 Å². The zero-order valence-corrected chi connectivity index (χ0v) is 25.1. The van der Waals surface area contributed by atoms with Crippen LogP contribution in [0.4, 0.5) is 4.79 Å². The van der Waals surface area contributed by atoms with Gasteiger partial charge in [0.05, 0.1) is 12.4 Å². The smallest absolute Gasteiger partial charge is 0.410 e. The number of hydrogen-bond donors (Lipinski definition) is 0. The van der Waals surface area contributed by atoms with Gasteiger partial charge in [-0.2, -0.15) is 0 Å². The molecule has 0 aromatic carbocycles. The van der Waals surface area contributed by atoms with E-state index < -0.39 is 13.7 Å². The fraction of sp³-hybridized carbons (Fsp3) is 0.690. The van der Waals surface area contributed by atoms with Crippen molar-refractivity contribution in [2.45, 2.75) is 110 Å². The van der Waals surface area contributed by atoms with Crippen LogP contribution >= 0.6 is 0 Å². The first-order valence-electron chi connectivity index (χ1n) is 13.9. The van der Waals surface area contributed by atoms with Crippen molar-refractivity contribution in [3.8, 4) is 17.2 Å². The third kappa shape index (κ3) is 5.45. The number of ether oxygens (including phenoxy) is 2. The summed E-state index contributed by atoms with van der Waals surface area (Å²) in [5.41, 5.74) is 4.05. The van der Waals surface area contributed by atoms with Crippen LogP contribution in [0.25, 0.3) is 11.5 Å². The van der Waals surface area contributed by atoms with Crippen LogP contribution in [0.3, 0.4) is 0 Å². The molecule has 4 rings (SSSR count). The average molecular weight is 528 g/mol. The molecule has 7 nitrogen and oxygen atoms in total. The van der Waals surface area contributed by atoms with Gasteiger partial charge < -0.3 is 18.8 Å². The number of hydrogen-bond acceptors (Lipinski definition) is 6. The monoisotopic (exact) mass is 527 g/mol. The number of aromatic nitrogens is 2. The molecule has 2 aliphatic heterocycles. The first-order chi connectivity index (χ1) is 17.3. The number of nitrogens with zero attached hydrogens (tertiary/aromatic N) is 3. The lowest BCUT2D eigenvalue weighted by Gasteiger charge is -2.39. The van der Waals surface area contributed by atoms with Gasteiger partial charge in [0.25, 0.3) is 0 Å². The Hall–Kier alpha value is -2.35. The third-order valence-corrected chi connectivity index (χ3v) is 15.1. The molecule has 0 bridgehead atoms. The number of likely N-dealkylation sites (tertiary alicyclic amines) is 1. The Morgan fingerprint density at radius 1 is 1.03 bits per heavy atom. The maximum absolute atomic E-state index is 12.4. The minimum absolute atomic E-state index is 0.112. The summed E-state index contributed by atoms with van der Waals surface area (Å²) in [5.74, 6) is 2.00. The lowest BCUT2D eigenvalue weighted by Crippen LogP contribution is -2.56. The summed E-state index contributed by atoms with van der Waals surface area (Å²) < 4.78 is 18.4. The molecule has 2 aromatic rings. The fourth-order valence-corrected chi connectivity index (χ4v) is 12.7. The summed E-state index contributed by atoms with van der Waals surface area (Å²) in [6.07, 6.45) is 6.26. The summed E-state index contributed by atoms with van der Waals surface area (Å²) in [4.78, 5) is 23.8. The van der Waals surface area contributed by atoms with Crippen LogP contribution in [0, 0.1) is 5.92 Å². The van der Waals surface area contributed by atoms with Crippen molar-refractivity contribution >= 4 is 19.7 Å². The van der Waals surface area contributed by atoms with Crippen molar-refractivity contribution in [2.24, 2.45) is 5.92 Å². The van der Waals surface area contributed by atoms with E-state index in [1.807, 2.05) is 38.1 Å². The van der Waals surface area contributed by atoms with Crippen LogP contribution in [0.15, 0.2) is 22.9 Å². The van der Waals surface area contributed by atoms with Crippen molar-refractivity contribution in [3.63, 3.8) is 0 Å². The molecule has 0 spiro atoms. The lowest BCUT2D eigenvalue weighted by molar-refractivity contribution is 0.0123. The molecular formula is C29H45N3O4Si. The summed E-state index contributed by atoms with van der Waals surface area (Å²) in [5, 5.41) is 0. The highest BCUT2D eigenvalue weighted by Crippen LogP contribution is 2.42. The Balaban J connectivity index is 1.44. The van der Waals surface area contributed by atoms with Crippen LogP contribution in [0.1, 0.15) is 80.7 Å².